The van der Waals surface area contributed by atoms with E-state index in [1.54, 1.807) is 19.2 Å². The molecule has 0 aliphatic rings. The number of imidazole rings is 1. The Balaban J connectivity index is 1.89. The molecular formula is C17H17FN4O. The number of hydrogen-bond acceptors (Lipinski definition) is 3. The molecule has 23 heavy (non-hydrogen) atoms. The maximum absolute atomic E-state index is 13.9. The Bertz CT molecular complexity index is 901. The van der Waals surface area contributed by atoms with Crippen molar-refractivity contribution >= 4 is 17.2 Å². The van der Waals surface area contributed by atoms with Gasteiger partial charge >= 0.3 is 0 Å². The number of aryl methyl sites for hydroxylation is 1. The molecule has 3 rings (SSSR count). The molecule has 5 nitrogen and oxygen atoms in total. The SMILES string of the molecule is Cc1ccn2c(CNc3cc(C(N)=O)cc(F)c3C)cnc2c1. The van der Waals surface area contributed by atoms with Gasteiger partial charge in [0.05, 0.1) is 18.4 Å². The van der Waals surface area contributed by atoms with Crippen molar-refractivity contribution in [3.05, 3.63) is 64.9 Å². The summed E-state index contributed by atoms with van der Waals surface area (Å²) in [4.78, 5) is 15.6. The fraction of sp³-hybridized carbons (Fsp3) is 0.176. The molecule has 118 valence electrons. The zero-order valence-electron chi connectivity index (χ0n) is 12.9. The van der Waals surface area contributed by atoms with Gasteiger partial charge in [-0.15, -0.1) is 0 Å². The van der Waals surface area contributed by atoms with Crippen molar-refractivity contribution in [2.24, 2.45) is 5.73 Å². The lowest BCUT2D eigenvalue weighted by Crippen LogP contribution is -2.13. The molecule has 1 amide bonds. The van der Waals surface area contributed by atoms with Crippen LogP contribution in [0, 0.1) is 19.7 Å². The number of halogens is 1. The van der Waals surface area contributed by atoms with Crippen molar-refractivity contribution in [3.8, 4) is 0 Å². The number of anilines is 1. The molecule has 0 saturated carbocycles. The number of carbonyl (C=O) groups is 1. The standard InChI is InChI=1S/C17H17FN4O/c1-10-3-4-22-13(9-21-16(22)5-10)8-20-15-7-12(17(19)23)6-14(18)11(15)2/h3-7,9,20H,8H2,1-2H3,(H2,19,23). The highest BCUT2D eigenvalue weighted by Gasteiger charge is 2.11. The molecular weight excluding hydrogens is 295 g/mol. The van der Waals surface area contributed by atoms with Crippen LogP contribution < -0.4 is 11.1 Å². The Labute approximate surface area is 133 Å². The molecule has 2 aromatic heterocycles. The summed E-state index contributed by atoms with van der Waals surface area (Å²) in [7, 11) is 0. The van der Waals surface area contributed by atoms with E-state index in [1.165, 1.54) is 0 Å². The summed E-state index contributed by atoms with van der Waals surface area (Å²) in [5, 5.41) is 3.15. The molecule has 0 bridgehead atoms. The largest absolute Gasteiger partial charge is 0.379 e. The first-order valence-electron chi connectivity index (χ1n) is 7.22. The molecule has 0 fully saturated rings. The quantitative estimate of drug-likeness (QED) is 0.778. The molecule has 1 aromatic carbocycles. The average molecular weight is 312 g/mol. The van der Waals surface area contributed by atoms with Gasteiger partial charge in [0.15, 0.2) is 0 Å². The summed E-state index contributed by atoms with van der Waals surface area (Å²) >= 11 is 0. The Kier molecular flexibility index (Phi) is 3.73. The van der Waals surface area contributed by atoms with Crippen LogP contribution in [-0.4, -0.2) is 15.3 Å². The van der Waals surface area contributed by atoms with Crippen LogP contribution in [0.3, 0.4) is 0 Å². The average Bonchev–Trinajstić information content (AvgIpc) is 2.90. The molecule has 0 aliphatic carbocycles. The summed E-state index contributed by atoms with van der Waals surface area (Å²) in [6, 6.07) is 6.70. The summed E-state index contributed by atoms with van der Waals surface area (Å²) in [6.07, 6.45) is 3.72. The van der Waals surface area contributed by atoms with Gasteiger partial charge in [0.2, 0.25) is 5.91 Å². The second-order valence-corrected chi connectivity index (χ2v) is 5.53. The third-order valence-electron chi connectivity index (χ3n) is 3.83. The first-order chi connectivity index (χ1) is 11.0. The number of pyridine rings is 1. The summed E-state index contributed by atoms with van der Waals surface area (Å²) in [5.41, 5.74) is 9.29. The second kappa shape index (κ2) is 5.72. The highest BCUT2D eigenvalue weighted by molar-refractivity contribution is 5.94. The van der Waals surface area contributed by atoms with E-state index in [1.807, 2.05) is 29.7 Å². The molecule has 3 N–H and O–H groups in total. The second-order valence-electron chi connectivity index (χ2n) is 5.53. The Morgan fingerprint density at radius 2 is 2.13 bits per heavy atom. The van der Waals surface area contributed by atoms with Gasteiger partial charge in [-0.1, -0.05) is 0 Å². The van der Waals surface area contributed by atoms with Crippen LogP contribution >= 0.6 is 0 Å². The fourth-order valence-corrected chi connectivity index (χ4v) is 2.46. The van der Waals surface area contributed by atoms with Gasteiger partial charge in [0, 0.05) is 23.0 Å². The predicted molar refractivity (Wildman–Crippen MR) is 86.9 cm³/mol. The summed E-state index contributed by atoms with van der Waals surface area (Å²) < 4.78 is 15.9. The topological polar surface area (TPSA) is 72.4 Å². The van der Waals surface area contributed by atoms with Crippen LogP contribution in [0.1, 0.15) is 27.2 Å². The van der Waals surface area contributed by atoms with E-state index >= 15 is 0 Å². The minimum absolute atomic E-state index is 0.143. The smallest absolute Gasteiger partial charge is 0.248 e. The molecule has 0 unspecified atom stereocenters. The van der Waals surface area contributed by atoms with Crippen LogP contribution in [0.25, 0.3) is 5.65 Å². The van der Waals surface area contributed by atoms with Crippen molar-refractivity contribution in [2.45, 2.75) is 20.4 Å². The van der Waals surface area contributed by atoms with Crippen LogP contribution in [0.5, 0.6) is 0 Å². The van der Waals surface area contributed by atoms with E-state index in [4.69, 9.17) is 5.73 Å². The van der Waals surface area contributed by atoms with Crippen LogP contribution in [0.2, 0.25) is 0 Å². The number of carbonyl (C=O) groups excluding carboxylic acids is 1. The molecule has 3 aromatic rings. The lowest BCUT2D eigenvalue weighted by molar-refractivity contribution is 0.1000. The van der Waals surface area contributed by atoms with Crippen LogP contribution in [0.4, 0.5) is 10.1 Å². The van der Waals surface area contributed by atoms with Gasteiger partial charge in [-0.05, 0) is 43.7 Å². The lowest BCUT2D eigenvalue weighted by Gasteiger charge is -2.11. The number of nitrogens with two attached hydrogens (primary N) is 1. The van der Waals surface area contributed by atoms with Crippen molar-refractivity contribution < 1.29 is 9.18 Å². The number of fused-ring (bicyclic) bond motifs is 1. The Morgan fingerprint density at radius 3 is 2.87 bits per heavy atom. The van der Waals surface area contributed by atoms with Gasteiger partial charge in [0.1, 0.15) is 11.5 Å². The molecule has 0 atom stereocenters. The van der Waals surface area contributed by atoms with E-state index < -0.39 is 11.7 Å². The fourth-order valence-electron chi connectivity index (χ4n) is 2.46. The highest BCUT2D eigenvalue weighted by atomic mass is 19.1. The third kappa shape index (κ3) is 2.88. The molecule has 2 heterocycles. The number of rotatable bonds is 4. The Hall–Kier alpha value is -2.89. The maximum atomic E-state index is 13.9. The number of aromatic nitrogens is 2. The lowest BCUT2D eigenvalue weighted by atomic mass is 10.1. The molecule has 0 aliphatic heterocycles. The molecule has 0 radical (unpaired) electrons. The van der Waals surface area contributed by atoms with Gasteiger partial charge in [-0.2, -0.15) is 0 Å². The number of hydrogen-bond donors (Lipinski definition) is 2. The van der Waals surface area contributed by atoms with E-state index in [9.17, 15) is 9.18 Å². The van der Waals surface area contributed by atoms with Crippen molar-refractivity contribution in [2.75, 3.05) is 5.32 Å². The number of nitrogens with one attached hydrogen (secondary N) is 1. The van der Waals surface area contributed by atoms with E-state index in [0.717, 1.165) is 23.0 Å². The van der Waals surface area contributed by atoms with Crippen molar-refractivity contribution in [1.82, 2.24) is 9.38 Å². The number of amides is 1. The Morgan fingerprint density at radius 1 is 1.35 bits per heavy atom. The summed E-state index contributed by atoms with van der Waals surface area (Å²) in [5.74, 6) is -1.12. The third-order valence-corrected chi connectivity index (χ3v) is 3.83. The van der Waals surface area contributed by atoms with E-state index in [0.29, 0.717) is 17.8 Å². The minimum atomic E-state index is -0.655. The summed E-state index contributed by atoms with van der Waals surface area (Å²) in [6.45, 7) is 4.11. The first kappa shape index (κ1) is 15.0. The monoisotopic (exact) mass is 312 g/mol. The van der Waals surface area contributed by atoms with Gasteiger partial charge in [0.25, 0.3) is 0 Å². The molecule has 6 heteroatoms. The van der Waals surface area contributed by atoms with Crippen molar-refractivity contribution in [3.63, 3.8) is 0 Å². The molecule has 0 saturated heterocycles. The van der Waals surface area contributed by atoms with Crippen LogP contribution in [0.15, 0.2) is 36.7 Å². The maximum Gasteiger partial charge on any atom is 0.248 e. The number of benzene rings is 1. The highest BCUT2D eigenvalue weighted by Crippen LogP contribution is 2.21. The van der Waals surface area contributed by atoms with Crippen molar-refractivity contribution in [1.29, 1.82) is 0 Å². The zero-order chi connectivity index (χ0) is 16.6. The number of nitrogens with zero attached hydrogens (tertiary/aromatic N) is 2. The first-order valence-corrected chi connectivity index (χ1v) is 7.22. The van der Waals surface area contributed by atoms with E-state index in [-0.39, 0.29) is 5.56 Å². The number of primary amides is 1. The minimum Gasteiger partial charge on any atom is -0.379 e. The zero-order valence-corrected chi connectivity index (χ0v) is 12.9. The normalized spacial score (nSPS) is 10.9. The van der Waals surface area contributed by atoms with Gasteiger partial charge in [-0.3, -0.25) is 4.79 Å². The van der Waals surface area contributed by atoms with E-state index in [2.05, 4.69) is 10.3 Å². The van der Waals surface area contributed by atoms with Gasteiger partial charge in [-0.25, -0.2) is 9.37 Å². The van der Waals surface area contributed by atoms with Gasteiger partial charge < -0.3 is 15.5 Å². The molecule has 0 spiro atoms. The van der Waals surface area contributed by atoms with Crippen LogP contribution in [-0.2, 0) is 6.54 Å². The predicted octanol–water partition coefficient (Wildman–Crippen LogP) is 2.80.